The Balaban J connectivity index is 1.97. The van der Waals surface area contributed by atoms with Crippen LogP contribution in [0.25, 0.3) is 5.78 Å². The van der Waals surface area contributed by atoms with Gasteiger partial charge < -0.3 is 4.74 Å². The highest BCUT2D eigenvalue weighted by Gasteiger charge is 2.16. The smallest absolute Gasteiger partial charge is 0.252 e. The largest absolute Gasteiger partial charge is 0.481 e. The number of benzene rings is 1. The summed E-state index contributed by atoms with van der Waals surface area (Å²) >= 11 is 12.2. The first-order chi connectivity index (χ1) is 9.66. The van der Waals surface area contributed by atoms with Gasteiger partial charge in [0.1, 0.15) is 12.4 Å². The van der Waals surface area contributed by atoms with Gasteiger partial charge in [0.2, 0.25) is 0 Å². The lowest BCUT2D eigenvalue weighted by molar-refractivity contribution is 0.219. The monoisotopic (exact) mass is 308 g/mol. The predicted octanol–water partition coefficient (Wildman–Crippen LogP) is 3.57. The lowest BCUT2D eigenvalue weighted by Crippen LogP contribution is -2.10. The molecule has 3 aromatic rings. The molecule has 20 heavy (non-hydrogen) atoms. The van der Waals surface area contributed by atoms with Gasteiger partial charge in [-0.1, -0.05) is 29.3 Å². The minimum Gasteiger partial charge on any atom is -0.481 e. The molecule has 1 aromatic carbocycles. The van der Waals surface area contributed by atoms with Crippen LogP contribution in [0.3, 0.4) is 0 Å². The number of halogens is 2. The molecule has 0 aliphatic carbocycles. The molecule has 0 radical (unpaired) electrons. The van der Waals surface area contributed by atoms with Crippen molar-refractivity contribution >= 4 is 29.0 Å². The second-order valence-corrected chi connectivity index (χ2v) is 4.97. The van der Waals surface area contributed by atoms with E-state index in [2.05, 4.69) is 15.1 Å². The summed E-state index contributed by atoms with van der Waals surface area (Å²) in [5.41, 5.74) is 0.809. The van der Waals surface area contributed by atoms with Gasteiger partial charge in [-0.3, -0.25) is 0 Å². The van der Waals surface area contributed by atoms with Crippen molar-refractivity contribution in [2.24, 2.45) is 0 Å². The van der Waals surface area contributed by atoms with Gasteiger partial charge in [-0.2, -0.15) is 14.6 Å². The van der Waals surface area contributed by atoms with Crippen molar-refractivity contribution in [3.63, 3.8) is 0 Å². The molecule has 0 spiro atoms. The maximum Gasteiger partial charge on any atom is 0.252 e. The minimum atomic E-state index is -0.306. The summed E-state index contributed by atoms with van der Waals surface area (Å²) in [7, 11) is 0. The predicted molar refractivity (Wildman–Crippen MR) is 76.3 cm³/mol. The molecular formula is C13H10Cl2N4O. The summed E-state index contributed by atoms with van der Waals surface area (Å²) in [5.74, 6) is 0.969. The van der Waals surface area contributed by atoms with Crippen LogP contribution in [0, 0.1) is 0 Å². The van der Waals surface area contributed by atoms with Crippen molar-refractivity contribution in [2.45, 2.75) is 13.0 Å². The van der Waals surface area contributed by atoms with Crippen molar-refractivity contribution in [3.05, 3.63) is 52.5 Å². The maximum atomic E-state index is 6.10. The molecule has 2 heterocycles. The summed E-state index contributed by atoms with van der Waals surface area (Å²) in [5, 5.41) is 5.06. The van der Waals surface area contributed by atoms with E-state index in [0.29, 0.717) is 21.6 Å². The zero-order chi connectivity index (χ0) is 14.1. The number of ether oxygens (including phenoxy) is 1. The summed E-state index contributed by atoms with van der Waals surface area (Å²) in [6.07, 6.45) is 2.80. The van der Waals surface area contributed by atoms with E-state index in [0.717, 1.165) is 5.69 Å². The number of aromatic nitrogens is 4. The second kappa shape index (κ2) is 5.26. The Hall–Kier alpha value is -1.85. The van der Waals surface area contributed by atoms with Crippen LogP contribution >= 0.6 is 23.2 Å². The fourth-order valence-electron chi connectivity index (χ4n) is 1.90. The molecule has 1 atom stereocenters. The fraction of sp³-hybridized carbons (Fsp3) is 0.154. The van der Waals surface area contributed by atoms with E-state index < -0.39 is 0 Å². The fourth-order valence-corrected chi connectivity index (χ4v) is 2.38. The van der Waals surface area contributed by atoms with Gasteiger partial charge in [-0.05, 0) is 25.1 Å². The first kappa shape index (κ1) is 13.1. The van der Waals surface area contributed by atoms with E-state index in [9.17, 15) is 0 Å². The van der Waals surface area contributed by atoms with Crippen molar-refractivity contribution in [1.82, 2.24) is 19.6 Å². The van der Waals surface area contributed by atoms with Crippen molar-refractivity contribution in [2.75, 3.05) is 0 Å². The first-order valence-corrected chi connectivity index (χ1v) is 6.67. The molecule has 0 aliphatic rings. The standard InChI is InChI=1S/C13H10Cl2N4O/c1-8(20-12-9(14)3-2-4-10(12)15)11-5-6-16-13-17-7-18-19(11)13/h2-8H,1H3/t8-/m1/s1. The average Bonchev–Trinajstić information content (AvgIpc) is 2.91. The van der Waals surface area contributed by atoms with E-state index in [1.165, 1.54) is 6.33 Å². The number of hydrogen-bond donors (Lipinski definition) is 0. The number of nitrogens with zero attached hydrogens (tertiary/aromatic N) is 4. The van der Waals surface area contributed by atoms with Crippen LogP contribution in [0.5, 0.6) is 5.75 Å². The summed E-state index contributed by atoms with van der Waals surface area (Å²) in [6.45, 7) is 1.89. The quantitative estimate of drug-likeness (QED) is 0.742. The van der Waals surface area contributed by atoms with Gasteiger partial charge in [-0.15, -0.1) is 0 Å². The van der Waals surface area contributed by atoms with E-state index in [-0.39, 0.29) is 6.10 Å². The molecule has 0 amide bonds. The Morgan fingerprint density at radius 2 is 1.90 bits per heavy atom. The van der Waals surface area contributed by atoms with E-state index in [1.807, 2.05) is 13.0 Å². The molecule has 2 aromatic heterocycles. The van der Waals surface area contributed by atoms with Crippen LogP contribution < -0.4 is 4.74 Å². The van der Waals surface area contributed by atoms with Crippen LogP contribution in [-0.2, 0) is 0 Å². The van der Waals surface area contributed by atoms with Crippen molar-refractivity contribution < 1.29 is 4.74 Å². The highest BCUT2D eigenvalue weighted by atomic mass is 35.5. The molecule has 0 unspecified atom stereocenters. The third-order valence-corrected chi connectivity index (χ3v) is 3.43. The second-order valence-electron chi connectivity index (χ2n) is 4.15. The molecule has 0 N–H and O–H groups in total. The third kappa shape index (κ3) is 2.30. The Morgan fingerprint density at radius 3 is 2.65 bits per heavy atom. The third-order valence-electron chi connectivity index (χ3n) is 2.84. The number of rotatable bonds is 3. The normalized spacial score (nSPS) is 12.6. The van der Waals surface area contributed by atoms with E-state index in [4.69, 9.17) is 27.9 Å². The SMILES string of the molecule is C[C@@H](Oc1c(Cl)cccc1Cl)c1ccnc2ncnn12. The average molecular weight is 309 g/mol. The number of hydrogen-bond acceptors (Lipinski definition) is 4. The molecule has 0 bridgehead atoms. The zero-order valence-electron chi connectivity index (χ0n) is 10.5. The van der Waals surface area contributed by atoms with Crippen LogP contribution in [0.1, 0.15) is 18.7 Å². The molecule has 5 nitrogen and oxygen atoms in total. The minimum absolute atomic E-state index is 0.306. The topological polar surface area (TPSA) is 52.3 Å². The lowest BCUT2D eigenvalue weighted by Gasteiger charge is -2.17. The van der Waals surface area contributed by atoms with Gasteiger partial charge in [0, 0.05) is 6.20 Å². The summed E-state index contributed by atoms with van der Waals surface area (Å²) < 4.78 is 7.48. The highest BCUT2D eigenvalue weighted by Crippen LogP contribution is 2.35. The molecule has 0 fully saturated rings. The van der Waals surface area contributed by atoms with Crippen LogP contribution in [0.15, 0.2) is 36.8 Å². The van der Waals surface area contributed by atoms with Gasteiger partial charge in [-0.25, -0.2) is 4.98 Å². The maximum absolute atomic E-state index is 6.10. The van der Waals surface area contributed by atoms with Gasteiger partial charge >= 0.3 is 0 Å². The molecule has 102 valence electrons. The molecule has 7 heteroatoms. The van der Waals surface area contributed by atoms with Gasteiger partial charge in [0.15, 0.2) is 5.75 Å². The Morgan fingerprint density at radius 1 is 1.15 bits per heavy atom. The number of para-hydroxylation sites is 1. The van der Waals surface area contributed by atoms with Gasteiger partial charge in [0.05, 0.1) is 15.7 Å². The summed E-state index contributed by atoms with van der Waals surface area (Å²) in [4.78, 5) is 8.15. The van der Waals surface area contributed by atoms with Crippen molar-refractivity contribution in [1.29, 1.82) is 0 Å². The van der Waals surface area contributed by atoms with E-state index in [1.54, 1.807) is 28.9 Å². The molecule has 0 aliphatic heterocycles. The lowest BCUT2D eigenvalue weighted by atomic mass is 10.2. The Bertz CT molecular complexity index is 739. The molecular weight excluding hydrogens is 299 g/mol. The Kier molecular flexibility index (Phi) is 3.46. The van der Waals surface area contributed by atoms with Crippen LogP contribution in [0.4, 0.5) is 0 Å². The molecule has 0 saturated heterocycles. The van der Waals surface area contributed by atoms with Crippen molar-refractivity contribution in [3.8, 4) is 5.75 Å². The Labute approximate surface area is 125 Å². The zero-order valence-corrected chi connectivity index (χ0v) is 12.0. The van der Waals surface area contributed by atoms with Gasteiger partial charge in [0.25, 0.3) is 5.78 Å². The molecule has 0 saturated carbocycles. The first-order valence-electron chi connectivity index (χ1n) is 5.92. The number of fused-ring (bicyclic) bond motifs is 1. The van der Waals surface area contributed by atoms with Crippen LogP contribution in [0.2, 0.25) is 10.0 Å². The van der Waals surface area contributed by atoms with Crippen LogP contribution in [-0.4, -0.2) is 19.6 Å². The highest BCUT2D eigenvalue weighted by molar-refractivity contribution is 6.37. The summed E-state index contributed by atoms with van der Waals surface area (Å²) in [6, 6.07) is 7.04. The van der Waals surface area contributed by atoms with E-state index >= 15 is 0 Å². The molecule has 3 rings (SSSR count).